The second-order valence-corrected chi connectivity index (χ2v) is 8.65. The maximum Gasteiger partial charge on any atom is 2.00 e. The SMILES string of the molecule is CCc1cc(CC)c(N=Cc2cccc(C=Nc3c(CC)cc(CC)cc3CC)n2)c(CC)c1.[Cl-].[Cl-].[Fe+2]. The molecule has 2 aromatic carbocycles. The second kappa shape index (κ2) is 17.5. The van der Waals surface area contributed by atoms with E-state index in [2.05, 4.69) is 65.8 Å². The molecule has 3 nitrogen and oxygen atoms in total. The number of pyridine rings is 1. The molecule has 0 spiro atoms. The predicted molar refractivity (Wildman–Crippen MR) is 148 cm³/mol. The van der Waals surface area contributed by atoms with E-state index in [-0.39, 0.29) is 41.9 Å². The van der Waals surface area contributed by atoms with Crippen LogP contribution in [0.25, 0.3) is 0 Å². The molecule has 3 aromatic rings. The molecule has 0 radical (unpaired) electrons. The van der Waals surface area contributed by atoms with E-state index in [1.807, 2.05) is 30.6 Å². The van der Waals surface area contributed by atoms with Crippen LogP contribution in [0, 0.1) is 0 Å². The molecule has 0 unspecified atom stereocenters. The molecule has 0 atom stereocenters. The van der Waals surface area contributed by atoms with Gasteiger partial charge in [0.25, 0.3) is 0 Å². The molecule has 0 bridgehead atoms. The van der Waals surface area contributed by atoms with Crippen molar-refractivity contribution in [3.05, 3.63) is 87.2 Å². The molecule has 0 aliphatic carbocycles. The molecule has 0 saturated heterocycles. The first kappa shape index (κ1) is 35.0. The molecule has 6 heteroatoms. The predicted octanol–water partition coefficient (Wildman–Crippen LogP) is 1.96. The van der Waals surface area contributed by atoms with Gasteiger partial charge in [0.1, 0.15) is 0 Å². The van der Waals surface area contributed by atoms with Crippen molar-refractivity contribution < 1.29 is 41.9 Å². The number of hydrogen-bond acceptors (Lipinski definition) is 3. The summed E-state index contributed by atoms with van der Waals surface area (Å²) in [6.07, 6.45) is 9.78. The van der Waals surface area contributed by atoms with Gasteiger partial charge in [-0.05, 0) is 84.0 Å². The summed E-state index contributed by atoms with van der Waals surface area (Å²) in [5, 5.41) is 0. The third-order valence-electron chi connectivity index (χ3n) is 6.44. The fraction of sp³-hybridized carbons (Fsp3) is 0.387. The van der Waals surface area contributed by atoms with Gasteiger partial charge in [0, 0.05) is 0 Å². The zero-order valence-electron chi connectivity index (χ0n) is 22.9. The summed E-state index contributed by atoms with van der Waals surface area (Å²) in [4.78, 5) is 14.6. The molecule has 0 aliphatic heterocycles. The molecule has 1 heterocycles. The van der Waals surface area contributed by atoms with Gasteiger partial charge >= 0.3 is 17.1 Å². The van der Waals surface area contributed by atoms with Gasteiger partial charge in [0.15, 0.2) is 0 Å². The summed E-state index contributed by atoms with van der Waals surface area (Å²) in [5.41, 5.74) is 11.9. The molecular formula is C31H39Cl2FeN3. The van der Waals surface area contributed by atoms with Crippen LogP contribution < -0.4 is 24.8 Å². The first-order valence-corrected chi connectivity index (χ1v) is 12.9. The van der Waals surface area contributed by atoms with E-state index in [0.717, 1.165) is 61.3 Å². The van der Waals surface area contributed by atoms with Crippen LogP contribution in [0.4, 0.5) is 11.4 Å². The van der Waals surface area contributed by atoms with Crippen LogP contribution >= 0.6 is 0 Å². The van der Waals surface area contributed by atoms with Gasteiger partial charge in [0.2, 0.25) is 0 Å². The van der Waals surface area contributed by atoms with Crippen LogP contribution in [0.3, 0.4) is 0 Å². The summed E-state index contributed by atoms with van der Waals surface area (Å²) in [5.74, 6) is 0. The van der Waals surface area contributed by atoms with Crippen molar-refractivity contribution in [2.45, 2.75) is 80.1 Å². The number of aliphatic imine (C=N–C) groups is 2. The van der Waals surface area contributed by atoms with Crippen LogP contribution in [-0.2, 0) is 55.6 Å². The first-order valence-electron chi connectivity index (χ1n) is 12.9. The number of aryl methyl sites for hydroxylation is 6. The van der Waals surface area contributed by atoms with Crippen LogP contribution in [0.1, 0.15) is 86.3 Å². The molecule has 200 valence electrons. The third-order valence-corrected chi connectivity index (χ3v) is 6.44. The van der Waals surface area contributed by atoms with Crippen molar-refractivity contribution in [3.63, 3.8) is 0 Å². The van der Waals surface area contributed by atoms with Crippen LogP contribution in [0.15, 0.2) is 52.4 Å². The molecule has 0 aliphatic rings. The minimum atomic E-state index is 0. The van der Waals surface area contributed by atoms with Crippen molar-refractivity contribution in [1.29, 1.82) is 0 Å². The number of halogens is 2. The molecule has 0 fully saturated rings. The van der Waals surface area contributed by atoms with E-state index in [1.54, 1.807) is 0 Å². The van der Waals surface area contributed by atoms with E-state index >= 15 is 0 Å². The number of aromatic nitrogens is 1. The van der Waals surface area contributed by atoms with Crippen LogP contribution in [0.5, 0.6) is 0 Å². The van der Waals surface area contributed by atoms with Gasteiger partial charge in [-0.1, -0.05) is 71.9 Å². The summed E-state index contributed by atoms with van der Waals surface area (Å²) in [6.45, 7) is 13.2. The number of rotatable bonds is 10. The van der Waals surface area contributed by atoms with E-state index in [1.165, 1.54) is 33.4 Å². The first-order chi connectivity index (χ1) is 16.6. The van der Waals surface area contributed by atoms with Crippen molar-refractivity contribution in [3.8, 4) is 0 Å². The van der Waals surface area contributed by atoms with E-state index in [9.17, 15) is 0 Å². The molecule has 0 saturated carbocycles. The number of benzene rings is 2. The Kier molecular flexibility index (Phi) is 16.6. The van der Waals surface area contributed by atoms with E-state index in [0.29, 0.717) is 0 Å². The molecular weight excluding hydrogens is 541 g/mol. The average Bonchev–Trinajstić information content (AvgIpc) is 2.89. The zero-order valence-corrected chi connectivity index (χ0v) is 25.5. The number of hydrogen-bond donors (Lipinski definition) is 0. The zero-order chi connectivity index (χ0) is 24.5. The van der Waals surface area contributed by atoms with Gasteiger partial charge < -0.3 is 24.8 Å². The topological polar surface area (TPSA) is 37.6 Å². The monoisotopic (exact) mass is 579 g/mol. The Morgan fingerprint density at radius 1 is 0.568 bits per heavy atom. The van der Waals surface area contributed by atoms with Crippen molar-refractivity contribution in [2.75, 3.05) is 0 Å². The molecule has 0 amide bonds. The molecule has 0 N–H and O–H groups in total. The Hall–Kier alpha value is -1.97. The van der Waals surface area contributed by atoms with Crippen molar-refractivity contribution in [1.82, 2.24) is 4.98 Å². The Bertz CT molecular complexity index is 1050. The van der Waals surface area contributed by atoms with E-state index in [4.69, 9.17) is 15.0 Å². The maximum atomic E-state index is 4.89. The normalized spacial score (nSPS) is 10.8. The van der Waals surface area contributed by atoms with Crippen LogP contribution in [0.2, 0.25) is 0 Å². The maximum absolute atomic E-state index is 4.89. The van der Waals surface area contributed by atoms with Gasteiger partial charge in [-0.15, -0.1) is 0 Å². The van der Waals surface area contributed by atoms with Crippen molar-refractivity contribution in [2.24, 2.45) is 9.98 Å². The Balaban J connectivity index is 0.00000432. The minimum Gasteiger partial charge on any atom is -1.00 e. The van der Waals surface area contributed by atoms with Gasteiger partial charge in [-0.3, -0.25) is 9.98 Å². The van der Waals surface area contributed by atoms with Gasteiger partial charge in [-0.25, -0.2) is 4.98 Å². The Morgan fingerprint density at radius 2 is 0.892 bits per heavy atom. The quantitative estimate of drug-likeness (QED) is 0.267. The second-order valence-electron chi connectivity index (χ2n) is 8.65. The minimum absolute atomic E-state index is 0. The summed E-state index contributed by atoms with van der Waals surface area (Å²) >= 11 is 0. The summed E-state index contributed by atoms with van der Waals surface area (Å²) < 4.78 is 0. The number of nitrogens with zero attached hydrogens (tertiary/aromatic N) is 3. The standard InChI is InChI=1S/C31H39N3.2ClH.Fe/c1-7-22-16-24(9-3)30(25(10-4)17-22)32-20-28-14-13-15-29(34-28)21-33-31-26(11-5)18-23(8-2)19-27(31)12-6;;;/h13-21H,7-12H2,1-6H3;2*1H;/q;;;+2/p-2. The fourth-order valence-electron chi connectivity index (χ4n) is 4.36. The van der Waals surface area contributed by atoms with Gasteiger partial charge in [0.05, 0.1) is 35.2 Å². The average molecular weight is 580 g/mol. The molecule has 37 heavy (non-hydrogen) atoms. The smallest absolute Gasteiger partial charge is 1.00 e. The summed E-state index contributed by atoms with van der Waals surface area (Å²) in [7, 11) is 0. The Morgan fingerprint density at radius 3 is 1.16 bits per heavy atom. The molecule has 3 rings (SSSR count). The van der Waals surface area contributed by atoms with E-state index < -0.39 is 0 Å². The van der Waals surface area contributed by atoms with Crippen LogP contribution in [-0.4, -0.2) is 17.4 Å². The summed E-state index contributed by atoms with van der Waals surface area (Å²) in [6, 6.07) is 15.2. The fourth-order valence-corrected chi connectivity index (χ4v) is 4.36. The largest absolute Gasteiger partial charge is 2.00 e. The Labute approximate surface area is 247 Å². The van der Waals surface area contributed by atoms with Crippen molar-refractivity contribution >= 4 is 23.8 Å². The third kappa shape index (κ3) is 9.07. The molecule has 1 aromatic heterocycles. The van der Waals surface area contributed by atoms with Gasteiger partial charge in [-0.2, -0.15) is 0 Å².